The van der Waals surface area contributed by atoms with Crippen molar-refractivity contribution in [3.05, 3.63) is 47.3 Å². The summed E-state index contributed by atoms with van der Waals surface area (Å²) in [7, 11) is 2.11. The Hall–Kier alpha value is -3.01. The third-order valence-electron chi connectivity index (χ3n) is 9.07. The number of likely N-dealkylation sites (N-methyl/N-ethyl adjacent to an activating group) is 1. The molecule has 3 saturated heterocycles. The number of piperazine rings is 1. The Kier molecular flexibility index (Phi) is 6.33. The van der Waals surface area contributed by atoms with Crippen LogP contribution in [-0.2, 0) is 6.42 Å². The number of β-amino-alcohol motifs (C(OH)–C–C–N with tert-alkyl or cyclic N) is 1. The van der Waals surface area contributed by atoms with Gasteiger partial charge in [0.05, 0.1) is 11.8 Å². The van der Waals surface area contributed by atoms with Crippen LogP contribution in [0.25, 0.3) is 10.9 Å². The minimum absolute atomic E-state index is 0.231. The predicted octanol–water partition coefficient (Wildman–Crippen LogP) is 3.55. The first kappa shape index (κ1) is 25.0. The molecule has 1 aromatic heterocycles. The van der Waals surface area contributed by atoms with Crippen LogP contribution in [0.3, 0.4) is 0 Å². The summed E-state index contributed by atoms with van der Waals surface area (Å²) in [4.78, 5) is 16.0. The quantitative estimate of drug-likeness (QED) is 0.517. The zero-order chi connectivity index (χ0) is 26.7. The van der Waals surface area contributed by atoms with Crippen molar-refractivity contribution in [3.63, 3.8) is 0 Å². The molecule has 4 aliphatic rings. The lowest BCUT2D eigenvalue weighted by Crippen LogP contribution is -2.51. The molecule has 2 bridgehead atoms. The van der Waals surface area contributed by atoms with Crippen molar-refractivity contribution in [2.75, 3.05) is 49.6 Å². The molecule has 3 aromatic rings. The van der Waals surface area contributed by atoms with E-state index >= 15 is 4.39 Å². The number of nitrogens with one attached hydrogen (secondary N) is 1. The molecule has 9 heteroatoms. The molecule has 4 atom stereocenters. The molecule has 3 fully saturated rings. The zero-order valence-electron chi connectivity index (χ0n) is 22.7. The third kappa shape index (κ3) is 4.50. The van der Waals surface area contributed by atoms with Crippen molar-refractivity contribution >= 4 is 28.1 Å². The summed E-state index contributed by atoms with van der Waals surface area (Å²) in [5.41, 5.74) is 3.74. The molecule has 206 valence electrons. The summed E-state index contributed by atoms with van der Waals surface area (Å²) in [5.74, 6) is 0.342. The summed E-state index contributed by atoms with van der Waals surface area (Å²) in [6, 6.07) is 11.2. The van der Waals surface area contributed by atoms with Crippen LogP contribution in [0.5, 0.6) is 6.01 Å². The predicted molar refractivity (Wildman–Crippen MR) is 151 cm³/mol. The molecule has 4 unspecified atom stereocenters. The second-order valence-electron chi connectivity index (χ2n) is 11.8. The van der Waals surface area contributed by atoms with Gasteiger partial charge in [-0.2, -0.15) is 9.97 Å². The number of aliphatic hydroxyl groups excluding tert-OH is 1. The summed E-state index contributed by atoms with van der Waals surface area (Å²) in [6.45, 7) is 5.58. The minimum Gasteiger partial charge on any atom is -0.462 e. The van der Waals surface area contributed by atoms with E-state index in [1.807, 2.05) is 42.2 Å². The average Bonchev–Trinajstić information content (AvgIpc) is 3.50. The Bertz CT molecular complexity index is 1390. The molecular formula is C30H37FN6O2. The summed E-state index contributed by atoms with van der Waals surface area (Å²) in [6.07, 6.45) is 4.51. The van der Waals surface area contributed by atoms with Crippen molar-refractivity contribution in [1.29, 1.82) is 0 Å². The third-order valence-corrected chi connectivity index (χ3v) is 9.07. The maximum atomic E-state index is 16.6. The molecule has 2 N–H and O–H groups in total. The highest BCUT2D eigenvalue weighted by Gasteiger charge is 2.35. The summed E-state index contributed by atoms with van der Waals surface area (Å²) >= 11 is 0. The molecule has 0 aliphatic carbocycles. The van der Waals surface area contributed by atoms with Crippen LogP contribution in [0.2, 0.25) is 0 Å². The van der Waals surface area contributed by atoms with Crippen LogP contribution in [0, 0.1) is 12.7 Å². The molecular weight excluding hydrogens is 495 g/mol. The topological polar surface area (TPSA) is 77.0 Å². The smallest absolute Gasteiger partial charge is 0.319 e. The first-order valence-corrected chi connectivity index (χ1v) is 14.3. The van der Waals surface area contributed by atoms with Crippen molar-refractivity contribution in [3.8, 4) is 6.01 Å². The highest BCUT2D eigenvalue weighted by atomic mass is 19.1. The number of fused-ring (bicyclic) bond motifs is 4. The number of nitrogens with zero attached hydrogens (tertiary/aromatic N) is 5. The van der Waals surface area contributed by atoms with Gasteiger partial charge in [0.25, 0.3) is 0 Å². The van der Waals surface area contributed by atoms with E-state index in [0.717, 1.165) is 67.9 Å². The molecule has 7 rings (SSSR count). The minimum atomic E-state index is -0.575. The number of hydrogen-bond acceptors (Lipinski definition) is 8. The number of para-hydroxylation sites is 1. The second kappa shape index (κ2) is 9.87. The molecule has 0 saturated carbocycles. The van der Waals surface area contributed by atoms with Crippen molar-refractivity contribution < 1.29 is 14.2 Å². The largest absolute Gasteiger partial charge is 0.462 e. The maximum absolute atomic E-state index is 16.6. The van der Waals surface area contributed by atoms with Gasteiger partial charge in [-0.3, -0.25) is 0 Å². The van der Waals surface area contributed by atoms with Crippen LogP contribution < -0.4 is 19.9 Å². The monoisotopic (exact) mass is 532 g/mol. The number of ether oxygens (including phenoxy) is 1. The fraction of sp³-hybridized carbons (Fsp3) is 0.533. The summed E-state index contributed by atoms with van der Waals surface area (Å²) in [5, 5.41) is 15.0. The van der Waals surface area contributed by atoms with Crippen LogP contribution in [-0.4, -0.2) is 84.0 Å². The molecule has 0 radical (unpaired) electrons. The zero-order valence-corrected chi connectivity index (χ0v) is 22.7. The normalized spacial score (nSPS) is 26.9. The number of aliphatic hydroxyl groups is 1. The van der Waals surface area contributed by atoms with Crippen LogP contribution in [0.4, 0.5) is 21.6 Å². The SMILES string of the molecule is Cc1cccc2c1N(c1ccc3c(N4CC5CCC(C4)N5)nc(OCC4CCCN4C)nc3c1F)CC(O)C2. The lowest BCUT2D eigenvalue weighted by atomic mass is 9.95. The van der Waals surface area contributed by atoms with E-state index in [4.69, 9.17) is 9.72 Å². The van der Waals surface area contributed by atoms with E-state index in [1.54, 1.807) is 0 Å². The number of aryl methyl sites for hydroxylation is 1. The Morgan fingerprint density at radius 3 is 2.67 bits per heavy atom. The van der Waals surface area contributed by atoms with E-state index in [0.29, 0.717) is 48.8 Å². The van der Waals surface area contributed by atoms with Gasteiger partial charge < -0.3 is 29.9 Å². The van der Waals surface area contributed by atoms with Gasteiger partial charge in [0.15, 0.2) is 5.82 Å². The van der Waals surface area contributed by atoms with Gasteiger partial charge >= 0.3 is 6.01 Å². The average molecular weight is 533 g/mol. The second-order valence-corrected chi connectivity index (χ2v) is 11.8. The van der Waals surface area contributed by atoms with Crippen molar-refractivity contribution in [2.24, 2.45) is 0 Å². The molecule has 8 nitrogen and oxygen atoms in total. The lowest BCUT2D eigenvalue weighted by molar-refractivity contribution is 0.178. The summed E-state index contributed by atoms with van der Waals surface area (Å²) < 4.78 is 22.8. The van der Waals surface area contributed by atoms with E-state index < -0.39 is 11.9 Å². The number of benzene rings is 2. The van der Waals surface area contributed by atoms with Gasteiger partial charge in [0, 0.05) is 55.3 Å². The number of rotatable bonds is 5. The first-order valence-electron chi connectivity index (χ1n) is 14.3. The Morgan fingerprint density at radius 2 is 1.90 bits per heavy atom. The van der Waals surface area contributed by atoms with Crippen LogP contribution in [0.15, 0.2) is 30.3 Å². The van der Waals surface area contributed by atoms with E-state index in [-0.39, 0.29) is 11.5 Å². The fourth-order valence-electron chi connectivity index (χ4n) is 7.07. The number of halogens is 1. The van der Waals surface area contributed by atoms with Gasteiger partial charge in [-0.1, -0.05) is 18.2 Å². The molecule has 2 aromatic carbocycles. The van der Waals surface area contributed by atoms with Gasteiger partial charge in [0.2, 0.25) is 0 Å². The van der Waals surface area contributed by atoms with Crippen LogP contribution >= 0.6 is 0 Å². The molecule has 5 heterocycles. The van der Waals surface area contributed by atoms with E-state index in [2.05, 4.69) is 27.1 Å². The van der Waals surface area contributed by atoms with Gasteiger partial charge in [-0.05, 0) is 69.5 Å². The van der Waals surface area contributed by atoms with Crippen LogP contribution in [0.1, 0.15) is 36.8 Å². The number of anilines is 3. The van der Waals surface area contributed by atoms with Crippen molar-refractivity contribution in [2.45, 2.75) is 63.3 Å². The lowest BCUT2D eigenvalue weighted by Gasteiger charge is -2.36. The molecule has 39 heavy (non-hydrogen) atoms. The van der Waals surface area contributed by atoms with E-state index in [9.17, 15) is 5.11 Å². The fourth-order valence-corrected chi connectivity index (χ4v) is 7.07. The molecule has 4 aliphatic heterocycles. The number of likely N-dealkylation sites (tertiary alicyclic amines) is 1. The van der Waals surface area contributed by atoms with Gasteiger partial charge in [-0.25, -0.2) is 4.39 Å². The van der Waals surface area contributed by atoms with Gasteiger partial charge in [0.1, 0.15) is 17.9 Å². The molecule has 0 spiro atoms. The highest BCUT2D eigenvalue weighted by Crippen LogP contribution is 2.41. The standard InChI is InChI=1S/C30H37FN6O2/c1-18-5-3-6-19-13-23(38)16-37(28(18)19)25-11-10-24-27(26(25)31)33-30(39-17-22-7-4-12-35(22)2)34-29(24)36-14-20-8-9-21(15-36)32-20/h3,5-6,10-11,20-23,32,38H,4,7-9,12-17H2,1-2H3. The Morgan fingerprint density at radius 1 is 1.08 bits per heavy atom. The highest BCUT2D eigenvalue weighted by molar-refractivity contribution is 5.93. The maximum Gasteiger partial charge on any atom is 0.319 e. The number of aromatic nitrogens is 2. The van der Waals surface area contributed by atoms with Crippen molar-refractivity contribution in [1.82, 2.24) is 20.2 Å². The van der Waals surface area contributed by atoms with E-state index in [1.165, 1.54) is 0 Å². The Labute approximate surface area is 228 Å². The first-order chi connectivity index (χ1) is 18.9. The molecule has 0 amide bonds. The van der Waals surface area contributed by atoms with Gasteiger partial charge in [-0.15, -0.1) is 0 Å². The Balaban J connectivity index is 1.32. The number of hydrogen-bond donors (Lipinski definition) is 2.